The van der Waals surface area contributed by atoms with Gasteiger partial charge >= 0.3 is 5.97 Å². The molecular weight excluding hydrogens is 263 g/mol. The second-order valence-electron chi connectivity index (χ2n) is 5.02. The van der Waals surface area contributed by atoms with E-state index in [-0.39, 0.29) is 18.0 Å². The number of nitrogens with zero attached hydrogens (tertiary/aromatic N) is 1. The van der Waals surface area contributed by atoms with Crippen molar-refractivity contribution in [3.63, 3.8) is 0 Å². The number of hydrogen-bond donors (Lipinski definition) is 2. The summed E-state index contributed by atoms with van der Waals surface area (Å²) in [5.74, 6) is -1.72. The van der Waals surface area contributed by atoms with Gasteiger partial charge in [-0.15, -0.1) is 0 Å². The van der Waals surface area contributed by atoms with E-state index in [1.54, 1.807) is 7.05 Å². The summed E-state index contributed by atoms with van der Waals surface area (Å²) in [6.45, 7) is 4.53. The summed E-state index contributed by atoms with van der Waals surface area (Å²) in [7, 11) is 1.59. The largest absolute Gasteiger partial charge is 0.478 e. The van der Waals surface area contributed by atoms with E-state index in [0.29, 0.717) is 18.2 Å². The predicted octanol–water partition coefficient (Wildman–Crippen LogP) is 1.73. The molecule has 0 aliphatic heterocycles. The summed E-state index contributed by atoms with van der Waals surface area (Å²) in [6.07, 6.45) is 0. The van der Waals surface area contributed by atoms with Crippen LogP contribution in [0.3, 0.4) is 0 Å². The van der Waals surface area contributed by atoms with Crippen molar-refractivity contribution in [2.75, 3.05) is 25.0 Å². The summed E-state index contributed by atoms with van der Waals surface area (Å²) < 4.78 is 13.1. The number of carboxylic acids is 1. The van der Waals surface area contributed by atoms with E-state index < -0.39 is 11.8 Å². The predicted molar refractivity (Wildman–Crippen MR) is 74.5 cm³/mol. The molecule has 110 valence electrons. The van der Waals surface area contributed by atoms with Gasteiger partial charge in [0, 0.05) is 13.6 Å². The van der Waals surface area contributed by atoms with Crippen molar-refractivity contribution < 1.29 is 19.1 Å². The second kappa shape index (κ2) is 6.88. The zero-order valence-corrected chi connectivity index (χ0v) is 11.8. The molecule has 0 aliphatic carbocycles. The number of carbonyl (C=O) groups excluding carboxylic acids is 1. The van der Waals surface area contributed by atoms with E-state index in [1.807, 2.05) is 13.8 Å². The smallest absolute Gasteiger partial charge is 0.337 e. The monoisotopic (exact) mass is 282 g/mol. The van der Waals surface area contributed by atoms with Crippen molar-refractivity contribution in [3.05, 3.63) is 29.6 Å². The highest BCUT2D eigenvalue weighted by atomic mass is 19.1. The Bertz CT molecular complexity index is 503. The molecule has 1 aromatic carbocycles. The van der Waals surface area contributed by atoms with Crippen LogP contribution in [-0.2, 0) is 4.79 Å². The first-order valence-corrected chi connectivity index (χ1v) is 6.32. The van der Waals surface area contributed by atoms with Crippen LogP contribution in [0.25, 0.3) is 0 Å². The quantitative estimate of drug-likeness (QED) is 0.833. The Morgan fingerprint density at radius 2 is 2.05 bits per heavy atom. The fraction of sp³-hybridized carbons (Fsp3) is 0.429. The van der Waals surface area contributed by atoms with Crippen LogP contribution in [0.5, 0.6) is 0 Å². The number of rotatable bonds is 6. The van der Waals surface area contributed by atoms with Crippen molar-refractivity contribution in [1.29, 1.82) is 0 Å². The van der Waals surface area contributed by atoms with Gasteiger partial charge in [-0.05, 0) is 24.1 Å². The Labute approximate surface area is 117 Å². The van der Waals surface area contributed by atoms with Gasteiger partial charge in [0.05, 0.1) is 17.8 Å². The van der Waals surface area contributed by atoms with Crippen molar-refractivity contribution in [1.82, 2.24) is 5.32 Å². The normalized spacial score (nSPS) is 10.4. The summed E-state index contributed by atoms with van der Waals surface area (Å²) >= 11 is 0. The molecule has 0 heterocycles. The van der Waals surface area contributed by atoms with Gasteiger partial charge in [0.25, 0.3) is 0 Å². The first-order chi connectivity index (χ1) is 9.31. The van der Waals surface area contributed by atoms with Crippen LogP contribution in [0.1, 0.15) is 24.2 Å². The van der Waals surface area contributed by atoms with Gasteiger partial charge in [0.1, 0.15) is 5.82 Å². The summed E-state index contributed by atoms with van der Waals surface area (Å²) in [4.78, 5) is 24.3. The minimum absolute atomic E-state index is 0.0125. The van der Waals surface area contributed by atoms with Crippen molar-refractivity contribution in [3.8, 4) is 0 Å². The average molecular weight is 282 g/mol. The van der Waals surface area contributed by atoms with E-state index in [2.05, 4.69) is 5.32 Å². The molecular formula is C14H19FN2O3. The zero-order valence-electron chi connectivity index (χ0n) is 11.8. The average Bonchev–Trinajstić information content (AvgIpc) is 2.35. The van der Waals surface area contributed by atoms with Crippen LogP contribution in [0.4, 0.5) is 10.1 Å². The number of hydrogen-bond acceptors (Lipinski definition) is 3. The lowest BCUT2D eigenvalue weighted by Crippen LogP contribution is -2.37. The molecule has 0 fully saturated rings. The minimum Gasteiger partial charge on any atom is -0.478 e. The number of anilines is 1. The van der Waals surface area contributed by atoms with Crippen molar-refractivity contribution in [2.24, 2.45) is 5.92 Å². The molecule has 0 saturated carbocycles. The Balaban J connectivity index is 2.79. The minimum atomic E-state index is -1.23. The van der Waals surface area contributed by atoms with Crippen molar-refractivity contribution >= 4 is 17.6 Å². The van der Waals surface area contributed by atoms with Crippen molar-refractivity contribution in [2.45, 2.75) is 13.8 Å². The van der Waals surface area contributed by atoms with Crippen LogP contribution >= 0.6 is 0 Å². The first-order valence-electron chi connectivity index (χ1n) is 6.32. The fourth-order valence-electron chi connectivity index (χ4n) is 1.69. The number of carboxylic acid groups (broad SMARTS) is 1. The molecule has 0 spiro atoms. The zero-order chi connectivity index (χ0) is 15.3. The van der Waals surface area contributed by atoms with E-state index in [1.165, 1.54) is 17.0 Å². The third-order valence-corrected chi connectivity index (χ3v) is 2.69. The Hall–Kier alpha value is -2.11. The van der Waals surface area contributed by atoms with E-state index in [4.69, 9.17) is 5.11 Å². The molecule has 5 nitrogen and oxygen atoms in total. The molecule has 2 N–H and O–H groups in total. The molecule has 6 heteroatoms. The van der Waals surface area contributed by atoms with Gasteiger partial charge in [0.15, 0.2) is 0 Å². The Kier molecular flexibility index (Phi) is 5.49. The lowest BCUT2D eigenvalue weighted by molar-refractivity contribution is -0.119. The Morgan fingerprint density at radius 1 is 1.40 bits per heavy atom. The first kappa shape index (κ1) is 15.9. The molecule has 0 saturated heterocycles. The number of nitrogens with one attached hydrogen (secondary N) is 1. The number of likely N-dealkylation sites (N-methyl/N-ethyl adjacent to an activating group) is 1. The van der Waals surface area contributed by atoms with E-state index >= 15 is 0 Å². The maximum Gasteiger partial charge on any atom is 0.337 e. The molecule has 0 bridgehead atoms. The van der Waals surface area contributed by atoms with Gasteiger partial charge in [-0.3, -0.25) is 4.79 Å². The maximum absolute atomic E-state index is 13.1. The second-order valence-corrected chi connectivity index (χ2v) is 5.02. The van der Waals surface area contributed by atoms with Gasteiger partial charge in [0.2, 0.25) is 5.91 Å². The topological polar surface area (TPSA) is 69.6 Å². The van der Waals surface area contributed by atoms with E-state index in [0.717, 1.165) is 6.07 Å². The molecule has 1 aromatic rings. The number of halogens is 1. The van der Waals surface area contributed by atoms with Gasteiger partial charge in [-0.1, -0.05) is 13.8 Å². The number of carbonyl (C=O) groups is 2. The summed E-state index contributed by atoms with van der Waals surface area (Å²) in [5, 5.41) is 11.8. The molecule has 0 aliphatic rings. The lowest BCUT2D eigenvalue weighted by Gasteiger charge is -2.21. The third kappa shape index (κ3) is 4.53. The lowest BCUT2D eigenvalue weighted by atomic mass is 10.1. The van der Waals surface area contributed by atoms with Crippen LogP contribution < -0.4 is 10.2 Å². The van der Waals surface area contributed by atoms with Crippen LogP contribution in [0, 0.1) is 11.7 Å². The standard InChI is InChI=1S/C14H19FN2O3/c1-9(2)7-16-13(18)8-17(3)12-5-4-10(15)6-11(12)14(19)20/h4-6,9H,7-8H2,1-3H3,(H,16,18)(H,19,20). The summed E-state index contributed by atoms with van der Waals surface area (Å²) in [5.41, 5.74) is 0.141. The molecule has 0 atom stereocenters. The van der Waals surface area contributed by atoms with Gasteiger partial charge in [-0.2, -0.15) is 0 Å². The van der Waals surface area contributed by atoms with Crippen LogP contribution in [0.2, 0.25) is 0 Å². The maximum atomic E-state index is 13.1. The third-order valence-electron chi connectivity index (χ3n) is 2.69. The fourth-order valence-corrected chi connectivity index (χ4v) is 1.69. The van der Waals surface area contributed by atoms with Gasteiger partial charge in [-0.25, -0.2) is 9.18 Å². The molecule has 0 aromatic heterocycles. The highest BCUT2D eigenvalue weighted by Crippen LogP contribution is 2.20. The molecule has 0 unspecified atom stereocenters. The number of benzene rings is 1. The number of aromatic carboxylic acids is 1. The number of amides is 1. The molecule has 1 rings (SSSR count). The molecule has 20 heavy (non-hydrogen) atoms. The Morgan fingerprint density at radius 3 is 2.60 bits per heavy atom. The SMILES string of the molecule is CC(C)CNC(=O)CN(C)c1ccc(F)cc1C(=O)O. The highest BCUT2D eigenvalue weighted by Gasteiger charge is 2.16. The summed E-state index contributed by atoms with van der Waals surface area (Å²) in [6, 6.07) is 3.47. The molecule has 0 radical (unpaired) electrons. The van der Waals surface area contributed by atoms with E-state index in [9.17, 15) is 14.0 Å². The van der Waals surface area contributed by atoms with Gasteiger partial charge < -0.3 is 15.3 Å². The van der Waals surface area contributed by atoms with Crippen LogP contribution in [-0.4, -0.2) is 37.1 Å². The highest BCUT2D eigenvalue weighted by molar-refractivity contribution is 5.95. The van der Waals surface area contributed by atoms with Crippen LogP contribution in [0.15, 0.2) is 18.2 Å². The molecule has 1 amide bonds.